The zero-order valence-corrected chi connectivity index (χ0v) is 61.3. The molecule has 0 spiro atoms. The maximum absolute atomic E-state index is 13.0. The Hall–Kier alpha value is -1.94. The Morgan fingerprint density at radius 2 is 0.527 bits per heavy atom. The molecule has 0 saturated heterocycles. The van der Waals surface area contributed by atoms with Gasteiger partial charge in [-0.25, -0.2) is 9.13 Å². The van der Waals surface area contributed by atoms with Crippen molar-refractivity contribution < 1.29 is 80.2 Å². The standard InChI is InChI=1S/C72H140O17P2/c1-9-64(7)50-42-34-26-20-17-18-22-28-38-46-54-71(76)88-67(58-83-70(75)53-45-37-29-23-25-33-41-49-63(5)6)60-86-90(78,79)84-56-66(73)57-85-91(80,81)87-61-68(89-72(77)55-47-39-31-30-35-43-51-65(8)10-2)59-82-69(74)52-44-36-27-21-16-14-12-11-13-15-19-24-32-40-48-62(3)4/h62-68,73H,9-61H2,1-8H3,(H,78,79)(H,80,81)/t64?,65?,66?,67-,68-/m1/s1. The summed E-state index contributed by atoms with van der Waals surface area (Å²) in [5, 5.41) is 10.6. The molecule has 7 atom stereocenters. The van der Waals surface area contributed by atoms with Gasteiger partial charge in [0.25, 0.3) is 0 Å². The minimum atomic E-state index is -4.95. The van der Waals surface area contributed by atoms with Crippen LogP contribution in [0.4, 0.5) is 0 Å². The first kappa shape index (κ1) is 89.1. The lowest BCUT2D eigenvalue weighted by Crippen LogP contribution is -2.30. The van der Waals surface area contributed by atoms with Crippen LogP contribution in [-0.2, 0) is 65.4 Å². The number of ether oxygens (including phenoxy) is 4. The van der Waals surface area contributed by atoms with Crippen LogP contribution in [0.5, 0.6) is 0 Å². The van der Waals surface area contributed by atoms with Gasteiger partial charge in [-0.3, -0.25) is 37.3 Å². The van der Waals surface area contributed by atoms with E-state index in [0.717, 1.165) is 114 Å². The molecule has 0 bridgehead atoms. The van der Waals surface area contributed by atoms with Gasteiger partial charge in [-0.2, -0.15) is 0 Å². The summed E-state index contributed by atoms with van der Waals surface area (Å²) in [5.74, 6) is 0.897. The van der Waals surface area contributed by atoms with E-state index in [4.69, 9.17) is 37.0 Å². The third-order valence-electron chi connectivity index (χ3n) is 17.3. The first-order valence-corrected chi connectivity index (χ1v) is 40.3. The molecule has 0 fully saturated rings. The molecular weight excluding hydrogens is 1200 g/mol. The summed E-state index contributed by atoms with van der Waals surface area (Å²) in [4.78, 5) is 72.6. The van der Waals surface area contributed by atoms with Crippen LogP contribution >= 0.6 is 15.6 Å². The number of hydrogen-bond donors (Lipinski definition) is 3. The van der Waals surface area contributed by atoms with Crippen molar-refractivity contribution in [2.75, 3.05) is 39.6 Å². The molecule has 0 aromatic rings. The van der Waals surface area contributed by atoms with Crippen molar-refractivity contribution in [3.63, 3.8) is 0 Å². The number of aliphatic hydroxyl groups is 1. The number of unbranched alkanes of at least 4 members (excludes halogenated alkanes) is 33. The molecule has 0 aliphatic heterocycles. The predicted octanol–water partition coefficient (Wildman–Crippen LogP) is 20.5. The summed E-state index contributed by atoms with van der Waals surface area (Å²) in [5.41, 5.74) is 0. The van der Waals surface area contributed by atoms with Gasteiger partial charge in [-0.1, -0.05) is 306 Å². The number of esters is 4. The van der Waals surface area contributed by atoms with Crippen LogP contribution in [0.1, 0.15) is 357 Å². The zero-order valence-electron chi connectivity index (χ0n) is 59.5. The smallest absolute Gasteiger partial charge is 0.462 e. The Labute approximate surface area is 556 Å². The van der Waals surface area contributed by atoms with Crippen LogP contribution in [0.25, 0.3) is 0 Å². The summed E-state index contributed by atoms with van der Waals surface area (Å²) in [6, 6.07) is 0. The molecule has 0 aliphatic carbocycles. The quantitative estimate of drug-likeness (QED) is 0.0222. The van der Waals surface area contributed by atoms with Crippen LogP contribution in [0.3, 0.4) is 0 Å². The molecule has 0 aromatic heterocycles. The Morgan fingerprint density at radius 3 is 0.780 bits per heavy atom. The number of aliphatic hydroxyl groups excluding tert-OH is 1. The number of rotatable bonds is 69. The average Bonchev–Trinajstić information content (AvgIpc) is 3.63. The van der Waals surface area contributed by atoms with Crippen molar-refractivity contribution >= 4 is 39.5 Å². The lowest BCUT2D eigenvalue weighted by Gasteiger charge is -2.21. The van der Waals surface area contributed by atoms with Crippen molar-refractivity contribution in [3.05, 3.63) is 0 Å². The lowest BCUT2D eigenvalue weighted by atomic mass is 9.99. The van der Waals surface area contributed by atoms with E-state index in [1.54, 1.807) is 0 Å². The van der Waals surface area contributed by atoms with Crippen molar-refractivity contribution in [3.8, 4) is 0 Å². The second-order valence-corrected chi connectivity index (χ2v) is 30.3. The molecule has 19 heteroatoms. The van der Waals surface area contributed by atoms with E-state index in [1.165, 1.54) is 154 Å². The molecule has 0 rings (SSSR count). The zero-order chi connectivity index (χ0) is 67.5. The number of phosphoric ester groups is 2. The Bertz CT molecular complexity index is 1800. The second-order valence-electron chi connectivity index (χ2n) is 27.4. The van der Waals surface area contributed by atoms with Crippen LogP contribution in [0, 0.1) is 23.7 Å². The van der Waals surface area contributed by atoms with Gasteiger partial charge < -0.3 is 33.8 Å². The predicted molar refractivity (Wildman–Crippen MR) is 367 cm³/mol. The van der Waals surface area contributed by atoms with Gasteiger partial charge in [0.2, 0.25) is 0 Å². The topological polar surface area (TPSA) is 237 Å². The molecule has 5 unspecified atom stereocenters. The third kappa shape index (κ3) is 63.9. The molecule has 3 N–H and O–H groups in total. The van der Waals surface area contributed by atoms with E-state index < -0.39 is 97.5 Å². The normalized spacial score (nSPS) is 14.8. The first-order valence-electron chi connectivity index (χ1n) is 37.3. The van der Waals surface area contributed by atoms with E-state index in [0.29, 0.717) is 31.6 Å². The maximum atomic E-state index is 13.0. The van der Waals surface area contributed by atoms with E-state index in [9.17, 15) is 43.2 Å². The van der Waals surface area contributed by atoms with Gasteiger partial charge in [-0.15, -0.1) is 0 Å². The van der Waals surface area contributed by atoms with Gasteiger partial charge in [0.1, 0.15) is 19.3 Å². The number of phosphoric acid groups is 2. The molecular formula is C72H140O17P2. The molecule has 0 radical (unpaired) electrons. The number of carbonyl (C=O) groups excluding carboxylic acids is 4. The summed E-state index contributed by atoms with van der Waals surface area (Å²) < 4.78 is 68.3. The van der Waals surface area contributed by atoms with E-state index in [2.05, 4.69) is 55.4 Å². The van der Waals surface area contributed by atoms with Gasteiger partial charge in [-0.05, 0) is 49.4 Å². The van der Waals surface area contributed by atoms with Crippen molar-refractivity contribution in [2.24, 2.45) is 23.7 Å². The van der Waals surface area contributed by atoms with Crippen LogP contribution in [-0.4, -0.2) is 96.7 Å². The minimum Gasteiger partial charge on any atom is -0.462 e. The van der Waals surface area contributed by atoms with Gasteiger partial charge in [0.15, 0.2) is 12.2 Å². The number of carbonyl (C=O) groups is 4. The van der Waals surface area contributed by atoms with E-state index >= 15 is 0 Å². The highest BCUT2D eigenvalue weighted by Gasteiger charge is 2.30. The summed E-state index contributed by atoms with van der Waals surface area (Å²) in [6.45, 7) is 14.1. The highest BCUT2D eigenvalue weighted by atomic mass is 31.2. The van der Waals surface area contributed by atoms with Crippen LogP contribution < -0.4 is 0 Å². The molecule has 540 valence electrons. The molecule has 17 nitrogen and oxygen atoms in total. The van der Waals surface area contributed by atoms with Crippen LogP contribution in [0.2, 0.25) is 0 Å². The Kier molecular flexibility index (Phi) is 60.3. The fourth-order valence-electron chi connectivity index (χ4n) is 10.8. The highest BCUT2D eigenvalue weighted by Crippen LogP contribution is 2.45. The van der Waals surface area contributed by atoms with E-state index in [-0.39, 0.29) is 25.7 Å². The van der Waals surface area contributed by atoms with Gasteiger partial charge in [0.05, 0.1) is 26.4 Å². The maximum Gasteiger partial charge on any atom is 0.472 e. The van der Waals surface area contributed by atoms with E-state index in [1.807, 2.05) is 0 Å². The molecule has 0 aliphatic rings. The molecule has 0 heterocycles. The molecule has 0 aromatic carbocycles. The number of hydrogen-bond acceptors (Lipinski definition) is 15. The van der Waals surface area contributed by atoms with Crippen molar-refractivity contribution in [2.45, 2.75) is 375 Å². The largest absolute Gasteiger partial charge is 0.472 e. The highest BCUT2D eigenvalue weighted by molar-refractivity contribution is 7.47. The first-order chi connectivity index (χ1) is 43.7. The Balaban J connectivity index is 5.22. The average molecular weight is 1340 g/mol. The fourth-order valence-corrected chi connectivity index (χ4v) is 12.4. The molecule has 91 heavy (non-hydrogen) atoms. The monoisotopic (exact) mass is 1340 g/mol. The minimum absolute atomic E-state index is 0.103. The third-order valence-corrected chi connectivity index (χ3v) is 19.2. The fraction of sp³-hybridized carbons (Fsp3) is 0.944. The van der Waals surface area contributed by atoms with Crippen molar-refractivity contribution in [1.82, 2.24) is 0 Å². The molecule has 0 amide bonds. The van der Waals surface area contributed by atoms with Crippen LogP contribution in [0.15, 0.2) is 0 Å². The lowest BCUT2D eigenvalue weighted by molar-refractivity contribution is -0.161. The Morgan fingerprint density at radius 1 is 0.308 bits per heavy atom. The van der Waals surface area contributed by atoms with Gasteiger partial charge >= 0.3 is 39.5 Å². The van der Waals surface area contributed by atoms with Gasteiger partial charge in [0, 0.05) is 25.7 Å². The summed E-state index contributed by atoms with van der Waals surface area (Å²) >= 11 is 0. The summed E-state index contributed by atoms with van der Waals surface area (Å²) in [6.07, 6.45) is 44.5. The van der Waals surface area contributed by atoms with Crippen molar-refractivity contribution in [1.29, 1.82) is 0 Å². The summed E-state index contributed by atoms with van der Waals surface area (Å²) in [7, 11) is -9.91. The second kappa shape index (κ2) is 61.6. The SMILES string of the molecule is CCC(C)CCCCCCCCCCCCC(=O)O[C@H](COC(=O)CCCCCCCCCC(C)C)COP(=O)(O)OCC(O)COP(=O)(O)OC[C@@H](COC(=O)CCCCCCCCCCCCCCCCC(C)C)OC(=O)CCCCCCCCC(C)CC. The molecule has 0 saturated carbocycles.